The molecule has 7 heteroatoms. The minimum atomic E-state index is -0.676. The van der Waals surface area contributed by atoms with Gasteiger partial charge in [0.05, 0.1) is 5.56 Å². The number of rotatable bonds is 2. The van der Waals surface area contributed by atoms with E-state index in [1.54, 1.807) is 7.05 Å². The van der Waals surface area contributed by atoms with E-state index in [4.69, 9.17) is 5.73 Å². The summed E-state index contributed by atoms with van der Waals surface area (Å²) in [4.78, 5) is 15.5. The number of benzene rings is 1. The molecular formula is C10H10FN5O. The zero-order chi connectivity index (χ0) is 12.4. The second-order valence-electron chi connectivity index (χ2n) is 3.40. The van der Waals surface area contributed by atoms with Crippen LogP contribution in [0.3, 0.4) is 0 Å². The number of hydrogen-bond donors (Lipinski definition) is 2. The van der Waals surface area contributed by atoms with Crippen LogP contribution in [0.25, 0.3) is 0 Å². The predicted octanol–water partition coefficient (Wildman–Crippen LogP) is 0.789. The molecule has 0 atom stereocenters. The van der Waals surface area contributed by atoms with Gasteiger partial charge in [0.25, 0.3) is 5.91 Å². The fourth-order valence-electron chi connectivity index (χ4n) is 1.29. The van der Waals surface area contributed by atoms with Gasteiger partial charge in [0.2, 0.25) is 5.95 Å². The Balaban J connectivity index is 2.23. The number of nitrogens with zero attached hydrogens (tertiary/aromatic N) is 3. The van der Waals surface area contributed by atoms with Crippen LogP contribution in [-0.4, -0.2) is 20.7 Å². The van der Waals surface area contributed by atoms with Crippen molar-refractivity contribution in [2.24, 2.45) is 7.05 Å². The van der Waals surface area contributed by atoms with Gasteiger partial charge in [-0.2, -0.15) is 10.1 Å². The molecule has 0 saturated carbocycles. The van der Waals surface area contributed by atoms with E-state index in [0.29, 0.717) is 0 Å². The van der Waals surface area contributed by atoms with Gasteiger partial charge in [0, 0.05) is 12.7 Å². The molecule has 1 amide bonds. The first kappa shape index (κ1) is 11.1. The third kappa shape index (κ3) is 2.22. The molecular weight excluding hydrogens is 225 g/mol. The molecule has 17 heavy (non-hydrogen) atoms. The van der Waals surface area contributed by atoms with Crippen LogP contribution >= 0.6 is 0 Å². The first-order valence-electron chi connectivity index (χ1n) is 4.78. The van der Waals surface area contributed by atoms with Gasteiger partial charge in [-0.25, -0.2) is 9.07 Å². The fraction of sp³-hybridized carbons (Fsp3) is 0.100. The lowest BCUT2D eigenvalue weighted by Gasteiger charge is -2.05. The Morgan fingerprint density at radius 1 is 1.53 bits per heavy atom. The molecule has 1 heterocycles. The average Bonchev–Trinajstić information content (AvgIpc) is 2.64. The van der Waals surface area contributed by atoms with E-state index in [1.165, 1.54) is 23.1 Å². The van der Waals surface area contributed by atoms with Gasteiger partial charge in [-0.1, -0.05) is 0 Å². The zero-order valence-corrected chi connectivity index (χ0v) is 9.01. The van der Waals surface area contributed by atoms with Crippen molar-refractivity contribution >= 4 is 17.5 Å². The van der Waals surface area contributed by atoms with Crippen LogP contribution in [0.2, 0.25) is 0 Å². The smallest absolute Gasteiger partial charge is 0.260 e. The van der Waals surface area contributed by atoms with E-state index in [2.05, 4.69) is 15.4 Å². The minimum Gasteiger partial charge on any atom is -0.399 e. The van der Waals surface area contributed by atoms with Gasteiger partial charge in [-0.05, 0) is 18.2 Å². The number of nitrogens with two attached hydrogens (primary N) is 1. The Kier molecular flexibility index (Phi) is 2.73. The maximum absolute atomic E-state index is 13.4. The molecule has 0 bridgehead atoms. The molecule has 0 spiro atoms. The van der Waals surface area contributed by atoms with Gasteiger partial charge < -0.3 is 5.73 Å². The molecule has 6 nitrogen and oxygen atoms in total. The normalized spacial score (nSPS) is 10.2. The summed E-state index contributed by atoms with van der Waals surface area (Å²) >= 11 is 0. The van der Waals surface area contributed by atoms with Crippen LogP contribution in [0.5, 0.6) is 0 Å². The summed E-state index contributed by atoms with van der Waals surface area (Å²) in [5, 5.41) is 6.21. The van der Waals surface area contributed by atoms with E-state index in [1.807, 2.05) is 0 Å². The van der Waals surface area contributed by atoms with E-state index in [9.17, 15) is 9.18 Å². The maximum Gasteiger partial charge on any atom is 0.260 e. The predicted molar refractivity (Wildman–Crippen MR) is 59.8 cm³/mol. The maximum atomic E-state index is 13.4. The number of aryl methyl sites for hydroxylation is 1. The molecule has 0 unspecified atom stereocenters. The van der Waals surface area contributed by atoms with Gasteiger partial charge in [0.15, 0.2) is 0 Å². The molecule has 0 fully saturated rings. The van der Waals surface area contributed by atoms with Crippen molar-refractivity contribution in [1.82, 2.24) is 14.8 Å². The Labute approximate surface area is 96.3 Å². The number of hydrogen-bond acceptors (Lipinski definition) is 4. The van der Waals surface area contributed by atoms with Crippen LogP contribution in [0.1, 0.15) is 10.4 Å². The Bertz CT molecular complexity index is 566. The number of halogens is 1. The minimum absolute atomic E-state index is 0.0952. The second kappa shape index (κ2) is 4.20. The lowest BCUT2D eigenvalue weighted by Crippen LogP contribution is -2.16. The summed E-state index contributed by atoms with van der Waals surface area (Å²) in [7, 11) is 1.61. The molecule has 88 valence electrons. The molecule has 0 aliphatic heterocycles. The van der Waals surface area contributed by atoms with Gasteiger partial charge >= 0.3 is 0 Å². The van der Waals surface area contributed by atoms with E-state index in [0.717, 1.165) is 6.07 Å². The lowest BCUT2D eigenvalue weighted by molar-refractivity contribution is 0.102. The van der Waals surface area contributed by atoms with Crippen LogP contribution < -0.4 is 11.1 Å². The van der Waals surface area contributed by atoms with Gasteiger partial charge in [0.1, 0.15) is 12.1 Å². The Morgan fingerprint density at radius 2 is 2.29 bits per heavy atom. The summed E-state index contributed by atoms with van der Waals surface area (Å²) in [5.74, 6) is -1.03. The first-order valence-corrected chi connectivity index (χ1v) is 4.78. The standard InChI is InChI=1S/C10H10FN5O/c1-16-10(13-5-14-16)15-9(17)7-3-2-6(12)4-8(7)11/h2-5H,12H2,1H3,(H,13,14,15,17). The molecule has 2 rings (SSSR count). The monoisotopic (exact) mass is 235 g/mol. The van der Waals surface area contributed by atoms with E-state index < -0.39 is 11.7 Å². The second-order valence-corrected chi connectivity index (χ2v) is 3.40. The Hall–Kier alpha value is -2.44. The van der Waals surface area contributed by atoms with Crippen molar-refractivity contribution in [1.29, 1.82) is 0 Å². The number of nitrogen functional groups attached to an aromatic ring is 1. The van der Waals surface area contributed by atoms with Gasteiger partial charge in [-0.3, -0.25) is 10.1 Å². The average molecular weight is 235 g/mol. The highest BCUT2D eigenvalue weighted by atomic mass is 19.1. The number of carbonyl (C=O) groups excluding carboxylic acids is 1. The highest BCUT2D eigenvalue weighted by Gasteiger charge is 2.13. The highest BCUT2D eigenvalue weighted by molar-refractivity contribution is 6.03. The summed E-state index contributed by atoms with van der Waals surface area (Å²) in [6.45, 7) is 0. The number of amides is 1. The summed E-state index contributed by atoms with van der Waals surface area (Å²) in [6.07, 6.45) is 1.29. The number of aromatic nitrogens is 3. The molecule has 1 aromatic heterocycles. The number of anilines is 2. The molecule has 0 radical (unpaired) electrons. The van der Waals surface area contributed by atoms with E-state index in [-0.39, 0.29) is 17.2 Å². The molecule has 0 aliphatic carbocycles. The third-order valence-corrected chi connectivity index (χ3v) is 2.17. The van der Waals surface area contributed by atoms with Crippen molar-refractivity contribution < 1.29 is 9.18 Å². The summed E-state index contributed by atoms with van der Waals surface area (Å²) in [6, 6.07) is 3.86. The van der Waals surface area contributed by atoms with Crippen molar-refractivity contribution in [2.75, 3.05) is 11.1 Å². The van der Waals surface area contributed by atoms with Crippen molar-refractivity contribution in [3.05, 3.63) is 35.9 Å². The quantitative estimate of drug-likeness (QED) is 0.753. The van der Waals surface area contributed by atoms with Crippen LogP contribution in [0.15, 0.2) is 24.5 Å². The van der Waals surface area contributed by atoms with Crippen LogP contribution in [0.4, 0.5) is 16.0 Å². The SMILES string of the molecule is Cn1ncnc1NC(=O)c1ccc(N)cc1F. The highest BCUT2D eigenvalue weighted by Crippen LogP contribution is 2.13. The molecule has 2 aromatic rings. The summed E-state index contributed by atoms with van der Waals surface area (Å²) < 4.78 is 14.8. The topological polar surface area (TPSA) is 85.8 Å². The zero-order valence-electron chi connectivity index (χ0n) is 9.01. The molecule has 0 aliphatic rings. The van der Waals surface area contributed by atoms with Crippen molar-refractivity contribution in [3.8, 4) is 0 Å². The fourth-order valence-corrected chi connectivity index (χ4v) is 1.29. The molecule has 3 N–H and O–H groups in total. The lowest BCUT2D eigenvalue weighted by atomic mass is 10.2. The molecule has 0 saturated heterocycles. The Morgan fingerprint density at radius 3 is 2.88 bits per heavy atom. The molecule has 1 aromatic carbocycles. The largest absolute Gasteiger partial charge is 0.399 e. The van der Waals surface area contributed by atoms with Crippen LogP contribution in [0, 0.1) is 5.82 Å². The summed E-state index contributed by atoms with van der Waals surface area (Å²) in [5.41, 5.74) is 5.56. The van der Waals surface area contributed by atoms with Crippen molar-refractivity contribution in [2.45, 2.75) is 0 Å². The van der Waals surface area contributed by atoms with Crippen LogP contribution in [-0.2, 0) is 7.05 Å². The number of nitrogens with one attached hydrogen (secondary N) is 1. The third-order valence-electron chi connectivity index (χ3n) is 2.17. The first-order chi connectivity index (χ1) is 8.08. The van der Waals surface area contributed by atoms with E-state index >= 15 is 0 Å². The van der Waals surface area contributed by atoms with Gasteiger partial charge in [-0.15, -0.1) is 0 Å². The van der Waals surface area contributed by atoms with Crippen molar-refractivity contribution in [3.63, 3.8) is 0 Å². The number of carbonyl (C=O) groups is 1.